The molecule has 1 aliphatic rings. The van der Waals surface area contributed by atoms with E-state index in [0.29, 0.717) is 28.6 Å². The molecule has 0 unspecified atom stereocenters. The Labute approximate surface area is 103 Å². The first-order valence-corrected chi connectivity index (χ1v) is 5.94. The zero-order valence-corrected chi connectivity index (χ0v) is 10.1. The van der Waals surface area contributed by atoms with Crippen LogP contribution in [0.3, 0.4) is 0 Å². The van der Waals surface area contributed by atoms with Crippen LogP contribution in [0.5, 0.6) is 0 Å². The van der Waals surface area contributed by atoms with Crippen LogP contribution < -0.4 is 5.73 Å². The first kappa shape index (κ1) is 11.3. The van der Waals surface area contributed by atoms with E-state index in [2.05, 4.69) is 4.37 Å². The molecular formula is C9H10N4OS2. The van der Waals surface area contributed by atoms with Gasteiger partial charge >= 0.3 is 0 Å². The standard InChI is InChI=1S/C9H10N4OS2/c10-5-6-7(16-12-8(6)11)9(15)13-1-3-14-4-2-13/h1-4H2,(H2,11,12). The van der Waals surface area contributed by atoms with Crippen molar-refractivity contribution in [3.05, 3.63) is 10.4 Å². The molecule has 0 saturated carbocycles. The van der Waals surface area contributed by atoms with Gasteiger partial charge in [-0.25, -0.2) is 0 Å². The van der Waals surface area contributed by atoms with Gasteiger partial charge in [-0.05, 0) is 11.5 Å². The van der Waals surface area contributed by atoms with E-state index in [1.807, 2.05) is 11.0 Å². The predicted octanol–water partition coefficient (Wildman–Crippen LogP) is 0.605. The summed E-state index contributed by atoms with van der Waals surface area (Å²) in [5.41, 5.74) is 5.98. The fourth-order valence-corrected chi connectivity index (χ4v) is 2.59. The lowest BCUT2D eigenvalue weighted by molar-refractivity contribution is 0.0693. The smallest absolute Gasteiger partial charge is 0.155 e. The highest BCUT2D eigenvalue weighted by Gasteiger charge is 2.21. The molecule has 7 heteroatoms. The van der Waals surface area contributed by atoms with Crippen LogP contribution >= 0.6 is 23.8 Å². The minimum Gasteiger partial charge on any atom is -0.382 e. The summed E-state index contributed by atoms with van der Waals surface area (Å²) < 4.78 is 9.20. The Morgan fingerprint density at radius 3 is 2.88 bits per heavy atom. The average molecular weight is 254 g/mol. The van der Waals surface area contributed by atoms with Crippen LogP contribution in [-0.2, 0) is 4.74 Å². The molecule has 1 aromatic rings. The summed E-state index contributed by atoms with van der Waals surface area (Å²) in [6, 6.07) is 2.04. The van der Waals surface area contributed by atoms with Crippen molar-refractivity contribution in [3.8, 4) is 6.07 Å². The number of anilines is 1. The van der Waals surface area contributed by atoms with Gasteiger partial charge in [-0.15, -0.1) is 0 Å². The number of nitrogen functional groups attached to an aromatic ring is 1. The minimum absolute atomic E-state index is 0.262. The van der Waals surface area contributed by atoms with Gasteiger partial charge in [-0.3, -0.25) is 0 Å². The van der Waals surface area contributed by atoms with E-state index in [4.69, 9.17) is 28.0 Å². The fourth-order valence-electron chi connectivity index (χ4n) is 1.47. The van der Waals surface area contributed by atoms with Crippen molar-refractivity contribution in [2.45, 2.75) is 0 Å². The van der Waals surface area contributed by atoms with E-state index in [-0.39, 0.29) is 5.82 Å². The van der Waals surface area contributed by atoms with Crippen molar-refractivity contribution in [2.24, 2.45) is 0 Å². The van der Waals surface area contributed by atoms with Crippen LogP contribution in [-0.4, -0.2) is 40.6 Å². The van der Waals surface area contributed by atoms with E-state index < -0.39 is 0 Å². The third-order valence-corrected chi connectivity index (χ3v) is 3.78. The zero-order valence-electron chi connectivity index (χ0n) is 8.47. The number of rotatable bonds is 1. The second-order valence-electron chi connectivity index (χ2n) is 3.29. The third-order valence-electron chi connectivity index (χ3n) is 2.32. The molecule has 0 spiro atoms. The van der Waals surface area contributed by atoms with E-state index in [0.717, 1.165) is 13.1 Å². The van der Waals surface area contributed by atoms with Crippen molar-refractivity contribution in [1.82, 2.24) is 9.27 Å². The summed E-state index contributed by atoms with van der Waals surface area (Å²) in [5, 5.41) is 8.97. The molecule has 16 heavy (non-hydrogen) atoms. The number of hydrogen-bond donors (Lipinski definition) is 1. The van der Waals surface area contributed by atoms with Crippen LogP contribution in [0.25, 0.3) is 0 Å². The number of hydrogen-bond acceptors (Lipinski definition) is 6. The van der Waals surface area contributed by atoms with Gasteiger partial charge < -0.3 is 15.4 Å². The van der Waals surface area contributed by atoms with Gasteiger partial charge in [0.2, 0.25) is 0 Å². The number of ether oxygens (including phenoxy) is 1. The fraction of sp³-hybridized carbons (Fsp3) is 0.444. The summed E-state index contributed by atoms with van der Waals surface area (Å²) >= 11 is 6.52. The van der Waals surface area contributed by atoms with Gasteiger partial charge in [0.1, 0.15) is 21.5 Å². The zero-order chi connectivity index (χ0) is 11.5. The second-order valence-corrected chi connectivity index (χ2v) is 4.45. The number of nitrogens with zero attached hydrogens (tertiary/aromatic N) is 3. The van der Waals surface area contributed by atoms with Crippen LogP contribution in [0, 0.1) is 11.3 Å². The molecule has 84 valence electrons. The first-order valence-electron chi connectivity index (χ1n) is 4.76. The van der Waals surface area contributed by atoms with Crippen LogP contribution in [0.1, 0.15) is 10.4 Å². The Morgan fingerprint density at radius 2 is 2.25 bits per heavy atom. The van der Waals surface area contributed by atoms with E-state index in [9.17, 15) is 0 Å². The van der Waals surface area contributed by atoms with Crippen LogP contribution in [0.15, 0.2) is 0 Å². The van der Waals surface area contributed by atoms with Crippen molar-refractivity contribution in [3.63, 3.8) is 0 Å². The number of nitriles is 1. The van der Waals surface area contributed by atoms with E-state index in [1.165, 1.54) is 11.5 Å². The molecule has 0 amide bonds. The Bertz CT molecular complexity index is 445. The average Bonchev–Trinajstić information content (AvgIpc) is 2.70. The van der Waals surface area contributed by atoms with Crippen LogP contribution in [0.4, 0.5) is 5.82 Å². The predicted molar refractivity (Wildman–Crippen MR) is 65.3 cm³/mol. The SMILES string of the molecule is N#Cc1c(N)nsc1C(=S)N1CCOCC1. The van der Waals surface area contributed by atoms with Crippen molar-refractivity contribution in [1.29, 1.82) is 5.26 Å². The molecule has 2 heterocycles. The molecule has 1 aliphatic heterocycles. The maximum atomic E-state index is 8.97. The van der Waals surface area contributed by atoms with Crippen molar-refractivity contribution >= 4 is 34.6 Å². The Kier molecular flexibility index (Phi) is 3.33. The van der Waals surface area contributed by atoms with E-state index in [1.54, 1.807) is 0 Å². The molecule has 0 aromatic carbocycles. The van der Waals surface area contributed by atoms with Gasteiger partial charge in [0.15, 0.2) is 5.82 Å². The van der Waals surface area contributed by atoms with Gasteiger partial charge in [-0.2, -0.15) is 9.64 Å². The number of aromatic nitrogens is 1. The molecule has 1 saturated heterocycles. The Hall–Kier alpha value is -1.23. The molecule has 1 aromatic heterocycles. The normalized spacial score (nSPS) is 15.8. The lowest BCUT2D eigenvalue weighted by Crippen LogP contribution is -2.40. The molecule has 1 fully saturated rings. The summed E-state index contributed by atoms with van der Waals surface area (Å²) in [5.74, 6) is 0.262. The Balaban J connectivity index is 2.23. The minimum atomic E-state index is 0.262. The summed E-state index contributed by atoms with van der Waals surface area (Å²) in [6.45, 7) is 2.83. The molecule has 2 N–H and O–H groups in total. The molecule has 0 radical (unpaired) electrons. The molecule has 0 atom stereocenters. The molecule has 2 rings (SSSR count). The van der Waals surface area contributed by atoms with Gasteiger partial charge in [0.05, 0.1) is 13.2 Å². The lowest BCUT2D eigenvalue weighted by atomic mass is 10.2. The first-order chi connectivity index (χ1) is 7.74. The van der Waals surface area contributed by atoms with Crippen molar-refractivity contribution in [2.75, 3.05) is 32.0 Å². The second kappa shape index (κ2) is 4.74. The van der Waals surface area contributed by atoms with Gasteiger partial charge in [0, 0.05) is 13.1 Å². The summed E-state index contributed by atoms with van der Waals surface area (Å²) in [6.07, 6.45) is 0. The lowest BCUT2D eigenvalue weighted by Gasteiger charge is -2.28. The number of nitrogens with two attached hydrogens (primary N) is 1. The van der Waals surface area contributed by atoms with Gasteiger partial charge in [-0.1, -0.05) is 12.2 Å². The largest absolute Gasteiger partial charge is 0.382 e. The maximum Gasteiger partial charge on any atom is 0.155 e. The number of morpholine rings is 1. The monoisotopic (exact) mass is 254 g/mol. The Morgan fingerprint density at radius 1 is 1.56 bits per heavy atom. The highest BCUT2D eigenvalue weighted by molar-refractivity contribution is 7.81. The third kappa shape index (κ3) is 2.00. The maximum absolute atomic E-state index is 8.97. The highest BCUT2D eigenvalue weighted by Crippen LogP contribution is 2.22. The number of thiocarbonyl (C=S) groups is 1. The highest BCUT2D eigenvalue weighted by atomic mass is 32.1. The van der Waals surface area contributed by atoms with Gasteiger partial charge in [0.25, 0.3) is 0 Å². The molecule has 5 nitrogen and oxygen atoms in total. The van der Waals surface area contributed by atoms with E-state index >= 15 is 0 Å². The van der Waals surface area contributed by atoms with Crippen LogP contribution in [0.2, 0.25) is 0 Å². The molecule has 0 aliphatic carbocycles. The topological polar surface area (TPSA) is 75.2 Å². The van der Waals surface area contributed by atoms with Crippen molar-refractivity contribution < 1.29 is 4.74 Å². The molecular weight excluding hydrogens is 244 g/mol. The quantitative estimate of drug-likeness (QED) is 0.740. The summed E-state index contributed by atoms with van der Waals surface area (Å²) in [7, 11) is 0. The molecule has 0 bridgehead atoms. The summed E-state index contributed by atoms with van der Waals surface area (Å²) in [4.78, 5) is 3.36.